The smallest absolute Gasteiger partial charge is 0.275 e. The Bertz CT molecular complexity index is 597. The van der Waals surface area contributed by atoms with Crippen LogP contribution in [0.3, 0.4) is 0 Å². The molecule has 4 N–H and O–H groups in total. The third kappa shape index (κ3) is 3.12. The van der Waals surface area contributed by atoms with Gasteiger partial charge >= 0.3 is 0 Å². The van der Waals surface area contributed by atoms with Gasteiger partial charge in [0.15, 0.2) is 5.75 Å². The van der Waals surface area contributed by atoms with Gasteiger partial charge in [-0.15, -0.1) is 0 Å². The maximum absolute atomic E-state index is 12.0. The number of hydrogen-bond acceptors (Lipinski definition) is 4. The van der Waals surface area contributed by atoms with Crippen LogP contribution < -0.4 is 11.1 Å². The summed E-state index contributed by atoms with van der Waals surface area (Å²) in [5, 5.41) is 12.4. The molecule has 2 aromatic rings. The highest BCUT2D eigenvalue weighted by Crippen LogP contribution is 2.31. The first-order valence-electron chi connectivity index (χ1n) is 5.62. The van der Waals surface area contributed by atoms with Crippen molar-refractivity contribution in [3.05, 3.63) is 40.9 Å². The number of nitrogens with one attached hydrogen (secondary N) is 1. The summed E-state index contributed by atoms with van der Waals surface area (Å²) < 4.78 is 2.24. The quantitative estimate of drug-likeness (QED) is 0.744. The van der Waals surface area contributed by atoms with Gasteiger partial charge in [0.25, 0.3) is 5.91 Å². The Labute approximate surface area is 118 Å². The van der Waals surface area contributed by atoms with Crippen molar-refractivity contribution in [2.24, 2.45) is 5.73 Å². The van der Waals surface area contributed by atoms with Crippen molar-refractivity contribution in [3.63, 3.8) is 0 Å². The molecule has 0 unspecified atom stereocenters. The van der Waals surface area contributed by atoms with Gasteiger partial charge in [-0.05, 0) is 28.1 Å². The van der Waals surface area contributed by atoms with Crippen LogP contribution in [0.5, 0.6) is 5.75 Å². The number of nitrogens with zero attached hydrogens (tertiary/aromatic N) is 2. The number of aromatic hydroxyl groups is 1. The van der Waals surface area contributed by atoms with Gasteiger partial charge in [-0.25, -0.2) is 4.98 Å². The van der Waals surface area contributed by atoms with E-state index in [0.717, 1.165) is 0 Å². The molecule has 1 aromatic carbocycles. The number of aromatic nitrogens is 2. The molecule has 0 aliphatic carbocycles. The number of carbonyl (C=O) groups excluding carboxylic acids is 1. The maximum atomic E-state index is 12.0. The second-order valence-electron chi connectivity index (χ2n) is 3.88. The number of anilines is 1. The number of amides is 1. The van der Waals surface area contributed by atoms with E-state index in [0.29, 0.717) is 23.2 Å². The van der Waals surface area contributed by atoms with E-state index < -0.39 is 0 Å². The predicted molar refractivity (Wildman–Crippen MR) is 75.0 cm³/mol. The average Bonchev–Trinajstić information content (AvgIpc) is 2.84. The summed E-state index contributed by atoms with van der Waals surface area (Å²) in [6.45, 7) is 1.08. The lowest BCUT2D eigenvalue weighted by Crippen LogP contribution is -2.13. The molecule has 7 heteroatoms. The fourth-order valence-electron chi connectivity index (χ4n) is 1.55. The minimum Gasteiger partial charge on any atom is -0.505 e. The van der Waals surface area contributed by atoms with Gasteiger partial charge in [0.2, 0.25) is 0 Å². The number of halogens is 1. The Hall–Kier alpha value is -1.86. The van der Waals surface area contributed by atoms with E-state index in [1.54, 1.807) is 35.3 Å². The van der Waals surface area contributed by atoms with Crippen molar-refractivity contribution < 1.29 is 9.90 Å². The van der Waals surface area contributed by atoms with Gasteiger partial charge in [-0.2, -0.15) is 0 Å². The highest BCUT2D eigenvalue weighted by molar-refractivity contribution is 9.10. The molecule has 6 nitrogen and oxygen atoms in total. The molecular formula is C12H13BrN4O2. The Kier molecular flexibility index (Phi) is 4.18. The molecule has 1 aromatic heterocycles. The lowest BCUT2D eigenvalue weighted by Gasteiger charge is -2.06. The SMILES string of the molecule is NCCn1cnc(C(=O)Nc2cccc(Br)c2O)c1. The Morgan fingerprint density at radius 3 is 3.05 bits per heavy atom. The van der Waals surface area contributed by atoms with Crippen LogP contribution in [0.15, 0.2) is 35.2 Å². The lowest BCUT2D eigenvalue weighted by atomic mass is 10.3. The Morgan fingerprint density at radius 2 is 2.32 bits per heavy atom. The summed E-state index contributed by atoms with van der Waals surface area (Å²) in [6, 6.07) is 5.00. The average molecular weight is 325 g/mol. The van der Waals surface area contributed by atoms with Crippen LogP contribution in [0.4, 0.5) is 5.69 Å². The first-order valence-corrected chi connectivity index (χ1v) is 6.42. The van der Waals surface area contributed by atoms with Crippen LogP contribution in [0.1, 0.15) is 10.5 Å². The van der Waals surface area contributed by atoms with Gasteiger partial charge in [0.1, 0.15) is 5.69 Å². The topological polar surface area (TPSA) is 93.2 Å². The van der Waals surface area contributed by atoms with Gasteiger partial charge in [0, 0.05) is 19.3 Å². The monoisotopic (exact) mass is 324 g/mol. The van der Waals surface area contributed by atoms with E-state index in [-0.39, 0.29) is 17.4 Å². The molecule has 0 fully saturated rings. The molecule has 1 heterocycles. The number of nitrogens with two attached hydrogens (primary N) is 1. The van der Waals surface area contributed by atoms with Gasteiger partial charge < -0.3 is 20.7 Å². The normalized spacial score (nSPS) is 10.4. The highest BCUT2D eigenvalue weighted by Gasteiger charge is 2.12. The molecule has 0 atom stereocenters. The summed E-state index contributed by atoms with van der Waals surface area (Å²) in [6.07, 6.45) is 3.15. The Morgan fingerprint density at radius 1 is 1.53 bits per heavy atom. The standard InChI is InChI=1S/C12H13BrN4O2/c13-8-2-1-3-9(11(8)18)16-12(19)10-6-17(5-4-14)7-15-10/h1-3,6-7,18H,4-5,14H2,(H,16,19). The number of carbonyl (C=O) groups is 1. The third-order valence-electron chi connectivity index (χ3n) is 2.49. The van der Waals surface area contributed by atoms with Crippen LogP contribution in [0.2, 0.25) is 0 Å². The first-order chi connectivity index (χ1) is 9.11. The zero-order valence-corrected chi connectivity index (χ0v) is 11.6. The summed E-state index contributed by atoms with van der Waals surface area (Å²) in [7, 11) is 0. The van der Waals surface area contributed by atoms with Crippen LogP contribution in [0.25, 0.3) is 0 Å². The van der Waals surface area contributed by atoms with Crippen molar-refractivity contribution in [1.82, 2.24) is 9.55 Å². The number of benzene rings is 1. The molecule has 100 valence electrons. The van der Waals surface area contributed by atoms with Crippen molar-refractivity contribution in [2.75, 3.05) is 11.9 Å². The molecule has 0 saturated carbocycles. The zero-order chi connectivity index (χ0) is 13.8. The number of phenols is 1. The minimum absolute atomic E-state index is 0.0164. The number of phenolic OH excluding ortho intramolecular Hbond substituents is 1. The molecule has 0 bridgehead atoms. The second-order valence-corrected chi connectivity index (χ2v) is 4.73. The first kappa shape index (κ1) is 13.6. The molecule has 0 radical (unpaired) electrons. The van der Waals surface area contributed by atoms with Gasteiger partial charge in [0.05, 0.1) is 16.5 Å². The van der Waals surface area contributed by atoms with Crippen LogP contribution in [0, 0.1) is 0 Å². The molecule has 1 amide bonds. The number of rotatable bonds is 4. The molecular weight excluding hydrogens is 312 g/mol. The largest absolute Gasteiger partial charge is 0.505 e. The lowest BCUT2D eigenvalue weighted by molar-refractivity contribution is 0.102. The molecule has 0 saturated heterocycles. The summed E-state index contributed by atoms with van der Waals surface area (Å²) in [5.74, 6) is -0.401. The zero-order valence-electron chi connectivity index (χ0n) is 10.0. The van der Waals surface area contributed by atoms with Crippen LogP contribution in [-0.2, 0) is 6.54 Å². The third-order valence-corrected chi connectivity index (χ3v) is 3.13. The number of para-hydroxylation sites is 1. The Balaban J connectivity index is 2.14. The van der Waals surface area contributed by atoms with Crippen LogP contribution in [-0.4, -0.2) is 27.1 Å². The fourth-order valence-corrected chi connectivity index (χ4v) is 1.92. The molecule has 0 spiro atoms. The minimum atomic E-state index is -0.385. The van der Waals surface area contributed by atoms with Crippen molar-refractivity contribution >= 4 is 27.5 Å². The highest BCUT2D eigenvalue weighted by atomic mass is 79.9. The van der Waals surface area contributed by atoms with E-state index in [2.05, 4.69) is 26.2 Å². The molecule has 0 aliphatic rings. The molecule has 0 aliphatic heterocycles. The van der Waals surface area contributed by atoms with Crippen LogP contribution >= 0.6 is 15.9 Å². The van der Waals surface area contributed by atoms with Gasteiger partial charge in [-0.3, -0.25) is 4.79 Å². The van der Waals surface area contributed by atoms with E-state index >= 15 is 0 Å². The number of hydrogen-bond donors (Lipinski definition) is 3. The van der Waals surface area contributed by atoms with Crippen molar-refractivity contribution in [3.8, 4) is 5.75 Å². The van der Waals surface area contributed by atoms with E-state index in [9.17, 15) is 9.90 Å². The molecule has 19 heavy (non-hydrogen) atoms. The molecule has 2 rings (SSSR count). The summed E-state index contributed by atoms with van der Waals surface area (Å²) in [4.78, 5) is 15.9. The number of imidazole rings is 1. The maximum Gasteiger partial charge on any atom is 0.275 e. The second kappa shape index (κ2) is 5.85. The van der Waals surface area contributed by atoms with Gasteiger partial charge in [-0.1, -0.05) is 6.07 Å². The van der Waals surface area contributed by atoms with E-state index in [4.69, 9.17) is 5.73 Å². The van der Waals surface area contributed by atoms with E-state index in [1.807, 2.05) is 0 Å². The summed E-state index contributed by atoms with van der Waals surface area (Å²) >= 11 is 3.18. The van der Waals surface area contributed by atoms with Crippen molar-refractivity contribution in [1.29, 1.82) is 0 Å². The predicted octanol–water partition coefficient (Wildman–Crippen LogP) is 1.56. The fraction of sp³-hybridized carbons (Fsp3) is 0.167. The summed E-state index contributed by atoms with van der Waals surface area (Å²) in [5.41, 5.74) is 6.02. The van der Waals surface area contributed by atoms with Crippen molar-refractivity contribution in [2.45, 2.75) is 6.54 Å². The van der Waals surface area contributed by atoms with E-state index in [1.165, 1.54) is 0 Å².